The van der Waals surface area contributed by atoms with Crippen molar-refractivity contribution in [3.63, 3.8) is 0 Å². The third-order valence-corrected chi connectivity index (χ3v) is 4.60. The quantitative estimate of drug-likeness (QED) is 0.844. The molecule has 24 heavy (non-hydrogen) atoms. The standard InChI is InChI=1S/C18H22FN3O2/c1-24-17-7-4-9-22(18(23)12-21-10-8-20-13-21)16(17)11-14-5-2-3-6-15(14)19/h2-3,5-6,8,10,13,16-17H,4,7,9,11-12H2,1H3/t16-,17-/m0/s1. The fourth-order valence-corrected chi connectivity index (χ4v) is 3.36. The number of imidazole rings is 1. The number of likely N-dealkylation sites (tertiary alicyclic amines) is 1. The molecule has 1 aliphatic heterocycles. The molecule has 6 heteroatoms. The number of hydrogen-bond donors (Lipinski definition) is 0. The first kappa shape index (κ1) is 16.6. The van der Waals surface area contributed by atoms with Crippen molar-refractivity contribution in [2.24, 2.45) is 0 Å². The van der Waals surface area contributed by atoms with E-state index in [0.717, 1.165) is 12.8 Å². The number of carbonyl (C=O) groups excluding carboxylic acids is 1. The zero-order chi connectivity index (χ0) is 16.9. The summed E-state index contributed by atoms with van der Waals surface area (Å²) in [7, 11) is 1.66. The number of rotatable bonds is 5. The van der Waals surface area contributed by atoms with E-state index in [0.29, 0.717) is 18.5 Å². The molecule has 1 amide bonds. The monoisotopic (exact) mass is 331 g/mol. The third-order valence-electron chi connectivity index (χ3n) is 4.60. The van der Waals surface area contributed by atoms with Gasteiger partial charge < -0.3 is 14.2 Å². The maximum absolute atomic E-state index is 14.1. The number of ether oxygens (including phenoxy) is 1. The molecule has 0 N–H and O–H groups in total. The highest BCUT2D eigenvalue weighted by atomic mass is 19.1. The van der Waals surface area contributed by atoms with Gasteiger partial charge in [-0.1, -0.05) is 18.2 Å². The van der Waals surface area contributed by atoms with E-state index in [-0.39, 0.29) is 30.4 Å². The number of piperidine rings is 1. The molecule has 0 radical (unpaired) electrons. The van der Waals surface area contributed by atoms with E-state index < -0.39 is 0 Å². The summed E-state index contributed by atoms with van der Waals surface area (Å²) in [4.78, 5) is 18.5. The van der Waals surface area contributed by atoms with Crippen LogP contribution in [0.1, 0.15) is 18.4 Å². The molecule has 0 saturated carbocycles. The maximum Gasteiger partial charge on any atom is 0.242 e. The van der Waals surface area contributed by atoms with Crippen LogP contribution in [0.25, 0.3) is 0 Å². The molecular formula is C18H22FN3O2. The van der Waals surface area contributed by atoms with Crippen LogP contribution >= 0.6 is 0 Å². The number of amides is 1. The summed E-state index contributed by atoms with van der Waals surface area (Å²) in [6.07, 6.45) is 7.19. The van der Waals surface area contributed by atoms with Gasteiger partial charge >= 0.3 is 0 Å². The molecule has 2 aromatic rings. The Morgan fingerprint density at radius 3 is 2.96 bits per heavy atom. The van der Waals surface area contributed by atoms with Crippen molar-refractivity contribution < 1.29 is 13.9 Å². The van der Waals surface area contributed by atoms with Crippen LogP contribution in [0.15, 0.2) is 43.0 Å². The predicted molar refractivity (Wildman–Crippen MR) is 87.9 cm³/mol. The summed E-state index contributed by atoms with van der Waals surface area (Å²) in [6.45, 7) is 0.913. The molecular weight excluding hydrogens is 309 g/mol. The van der Waals surface area contributed by atoms with Gasteiger partial charge in [-0.05, 0) is 30.9 Å². The normalized spacial score (nSPS) is 21.0. The first-order chi connectivity index (χ1) is 11.7. The van der Waals surface area contributed by atoms with E-state index >= 15 is 0 Å². The summed E-state index contributed by atoms with van der Waals surface area (Å²) in [5, 5.41) is 0. The summed E-state index contributed by atoms with van der Waals surface area (Å²) < 4.78 is 21.4. The Balaban J connectivity index is 1.79. The average Bonchev–Trinajstić information content (AvgIpc) is 3.10. The third kappa shape index (κ3) is 3.64. The minimum atomic E-state index is -0.236. The maximum atomic E-state index is 14.1. The number of nitrogens with zero attached hydrogens (tertiary/aromatic N) is 3. The van der Waals surface area contributed by atoms with E-state index in [4.69, 9.17) is 4.74 Å². The number of hydrogen-bond acceptors (Lipinski definition) is 3. The summed E-state index contributed by atoms with van der Waals surface area (Å²) in [5.41, 5.74) is 0.617. The van der Waals surface area contributed by atoms with Crippen molar-refractivity contribution in [2.45, 2.75) is 38.0 Å². The van der Waals surface area contributed by atoms with E-state index in [2.05, 4.69) is 4.98 Å². The summed E-state index contributed by atoms with van der Waals surface area (Å²) >= 11 is 0. The number of carbonyl (C=O) groups is 1. The lowest BCUT2D eigenvalue weighted by atomic mass is 9.92. The van der Waals surface area contributed by atoms with Gasteiger partial charge in [-0.3, -0.25) is 4.79 Å². The minimum absolute atomic E-state index is 0.0103. The first-order valence-corrected chi connectivity index (χ1v) is 8.20. The number of halogens is 1. The number of benzene rings is 1. The lowest BCUT2D eigenvalue weighted by Crippen LogP contribution is -2.53. The Kier molecular flexibility index (Phi) is 5.25. The molecule has 5 nitrogen and oxygen atoms in total. The van der Waals surface area contributed by atoms with E-state index in [1.807, 2.05) is 11.0 Å². The largest absolute Gasteiger partial charge is 0.379 e. The molecule has 0 bridgehead atoms. The molecule has 1 aromatic heterocycles. The Morgan fingerprint density at radius 1 is 1.42 bits per heavy atom. The van der Waals surface area contributed by atoms with E-state index in [1.54, 1.807) is 42.5 Å². The van der Waals surface area contributed by atoms with Crippen LogP contribution in [0.3, 0.4) is 0 Å². The second-order valence-electron chi connectivity index (χ2n) is 6.10. The predicted octanol–water partition coefficient (Wildman–Crippen LogP) is 2.27. The Hall–Kier alpha value is -2.21. The zero-order valence-corrected chi connectivity index (χ0v) is 13.8. The topological polar surface area (TPSA) is 47.4 Å². The summed E-state index contributed by atoms with van der Waals surface area (Å²) in [5.74, 6) is -0.226. The van der Waals surface area contributed by atoms with Gasteiger partial charge in [0.25, 0.3) is 0 Å². The summed E-state index contributed by atoms with van der Waals surface area (Å²) in [6, 6.07) is 6.57. The minimum Gasteiger partial charge on any atom is -0.379 e. The van der Waals surface area contributed by atoms with Crippen LogP contribution in [-0.2, 0) is 22.5 Å². The van der Waals surface area contributed by atoms with Gasteiger partial charge in [0.15, 0.2) is 0 Å². The zero-order valence-electron chi connectivity index (χ0n) is 13.8. The molecule has 1 aromatic carbocycles. The van der Waals surface area contributed by atoms with Crippen LogP contribution in [0, 0.1) is 5.82 Å². The lowest BCUT2D eigenvalue weighted by Gasteiger charge is -2.41. The molecule has 0 unspecified atom stereocenters. The van der Waals surface area contributed by atoms with Gasteiger partial charge in [-0.2, -0.15) is 0 Å². The van der Waals surface area contributed by atoms with Crippen LogP contribution in [0.5, 0.6) is 0 Å². The van der Waals surface area contributed by atoms with Crippen molar-refractivity contribution in [1.82, 2.24) is 14.5 Å². The molecule has 0 aliphatic carbocycles. The van der Waals surface area contributed by atoms with Crippen molar-refractivity contribution in [2.75, 3.05) is 13.7 Å². The average molecular weight is 331 g/mol. The van der Waals surface area contributed by atoms with Crippen LogP contribution in [0.2, 0.25) is 0 Å². The molecule has 1 fully saturated rings. The molecule has 1 saturated heterocycles. The van der Waals surface area contributed by atoms with Gasteiger partial charge in [0.05, 0.1) is 18.5 Å². The SMILES string of the molecule is CO[C@H]1CCCN(C(=O)Cn2ccnc2)[C@H]1Cc1ccccc1F. The first-order valence-electron chi connectivity index (χ1n) is 8.20. The van der Waals surface area contributed by atoms with Gasteiger partial charge in [-0.25, -0.2) is 9.37 Å². The fourth-order valence-electron chi connectivity index (χ4n) is 3.36. The highest BCUT2D eigenvalue weighted by Crippen LogP contribution is 2.25. The second-order valence-corrected chi connectivity index (χ2v) is 6.10. The van der Waals surface area contributed by atoms with Crippen molar-refractivity contribution in [1.29, 1.82) is 0 Å². The molecule has 0 spiro atoms. The number of aromatic nitrogens is 2. The van der Waals surface area contributed by atoms with E-state index in [1.165, 1.54) is 6.07 Å². The van der Waals surface area contributed by atoms with Crippen LogP contribution < -0.4 is 0 Å². The van der Waals surface area contributed by atoms with Gasteiger partial charge in [0.1, 0.15) is 12.4 Å². The Bertz CT molecular complexity index is 675. The van der Waals surface area contributed by atoms with Gasteiger partial charge in [0, 0.05) is 26.0 Å². The van der Waals surface area contributed by atoms with Gasteiger partial charge in [0.2, 0.25) is 5.91 Å². The highest BCUT2D eigenvalue weighted by molar-refractivity contribution is 5.76. The fraction of sp³-hybridized carbons (Fsp3) is 0.444. The highest BCUT2D eigenvalue weighted by Gasteiger charge is 2.34. The molecule has 2 heterocycles. The van der Waals surface area contributed by atoms with Crippen molar-refractivity contribution in [3.8, 4) is 0 Å². The van der Waals surface area contributed by atoms with Crippen molar-refractivity contribution >= 4 is 5.91 Å². The number of methoxy groups -OCH3 is 1. The molecule has 2 atom stereocenters. The van der Waals surface area contributed by atoms with Crippen LogP contribution in [0.4, 0.5) is 4.39 Å². The molecule has 128 valence electrons. The van der Waals surface area contributed by atoms with Crippen molar-refractivity contribution in [3.05, 3.63) is 54.4 Å². The molecule has 3 rings (SSSR count). The lowest BCUT2D eigenvalue weighted by molar-refractivity contribution is -0.140. The Labute approximate surface area is 141 Å². The van der Waals surface area contributed by atoms with Gasteiger partial charge in [-0.15, -0.1) is 0 Å². The molecule has 1 aliphatic rings. The van der Waals surface area contributed by atoms with Crippen LogP contribution in [-0.4, -0.2) is 46.2 Å². The Morgan fingerprint density at radius 2 is 2.25 bits per heavy atom. The smallest absolute Gasteiger partial charge is 0.242 e. The van der Waals surface area contributed by atoms with E-state index in [9.17, 15) is 9.18 Å². The second kappa shape index (κ2) is 7.57.